The molecule has 0 unspecified atom stereocenters. The van der Waals surface area contributed by atoms with Crippen molar-refractivity contribution in [2.75, 3.05) is 25.5 Å². The van der Waals surface area contributed by atoms with Gasteiger partial charge in [-0.25, -0.2) is 0 Å². The first-order valence-electron chi connectivity index (χ1n) is 7.68. The Kier molecular flexibility index (Phi) is 5.06. The fraction of sp³-hybridized carbons (Fsp3) is 0.647. The Morgan fingerprint density at radius 3 is 2.35 bits per heavy atom. The first-order valence-corrected chi connectivity index (χ1v) is 7.68. The van der Waals surface area contributed by atoms with Crippen LogP contribution in [0.3, 0.4) is 0 Å². The maximum atomic E-state index is 10.5. The summed E-state index contributed by atoms with van der Waals surface area (Å²) in [6, 6.07) is 8.56. The molecule has 1 fully saturated rings. The lowest BCUT2D eigenvalue weighted by atomic mass is 9.79. The van der Waals surface area contributed by atoms with Crippen LogP contribution in [0.2, 0.25) is 0 Å². The molecule has 0 aromatic heterocycles. The lowest BCUT2D eigenvalue weighted by molar-refractivity contribution is -0.00630. The van der Waals surface area contributed by atoms with Gasteiger partial charge in [0.2, 0.25) is 0 Å². The van der Waals surface area contributed by atoms with Crippen LogP contribution in [0.5, 0.6) is 0 Å². The number of aliphatic hydroxyl groups is 1. The summed E-state index contributed by atoms with van der Waals surface area (Å²) in [7, 11) is 4.10. The van der Waals surface area contributed by atoms with Gasteiger partial charge in [0.25, 0.3) is 0 Å². The van der Waals surface area contributed by atoms with E-state index in [4.69, 9.17) is 0 Å². The number of nitrogens with one attached hydrogen (secondary N) is 1. The SMILES string of the molecule is CC1CCC(O)(CNCc2ccc(N(C)C)cc2)CC1. The number of rotatable bonds is 5. The van der Waals surface area contributed by atoms with Gasteiger partial charge in [0.1, 0.15) is 0 Å². The molecule has 1 saturated carbocycles. The molecular weight excluding hydrogens is 248 g/mol. The summed E-state index contributed by atoms with van der Waals surface area (Å²) in [5.41, 5.74) is 1.99. The van der Waals surface area contributed by atoms with Crippen molar-refractivity contribution in [1.82, 2.24) is 5.32 Å². The summed E-state index contributed by atoms with van der Waals surface area (Å²) in [5, 5.41) is 13.9. The summed E-state index contributed by atoms with van der Waals surface area (Å²) in [5.74, 6) is 0.772. The van der Waals surface area contributed by atoms with E-state index in [0.29, 0.717) is 6.54 Å². The third kappa shape index (κ3) is 4.22. The van der Waals surface area contributed by atoms with Gasteiger partial charge >= 0.3 is 0 Å². The number of benzene rings is 1. The molecule has 1 aromatic carbocycles. The minimum Gasteiger partial charge on any atom is -0.389 e. The molecule has 112 valence electrons. The normalized spacial score (nSPS) is 26.5. The molecular formula is C17H28N2O. The molecule has 0 heterocycles. The predicted molar refractivity (Wildman–Crippen MR) is 85.1 cm³/mol. The maximum Gasteiger partial charge on any atom is 0.0771 e. The fourth-order valence-corrected chi connectivity index (χ4v) is 2.83. The van der Waals surface area contributed by atoms with Gasteiger partial charge < -0.3 is 15.3 Å². The van der Waals surface area contributed by atoms with Gasteiger partial charge in [-0.15, -0.1) is 0 Å². The Labute approximate surface area is 123 Å². The molecule has 0 spiro atoms. The van der Waals surface area contributed by atoms with Gasteiger partial charge in [0.15, 0.2) is 0 Å². The van der Waals surface area contributed by atoms with Crippen molar-refractivity contribution in [3.8, 4) is 0 Å². The van der Waals surface area contributed by atoms with Crippen LogP contribution in [0.25, 0.3) is 0 Å². The third-order valence-corrected chi connectivity index (χ3v) is 4.44. The van der Waals surface area contributed by atoms with E-state index < -0.39 is 5.60 Å². The Morgan fingerprint density at radius 1 is 1.20 bits per heavy atom. The Balaban J connectivity index is 1.78. The highest BCUT2D eigenvalue weighted by Gasteiger charge is 2.31. The van der Waals surface area contributed by atoms with Gasteiger partial charge in [-0.05, 0) is 49.3 Å². The first-order chi connectivity index (χ1) is 9.48. The third-order valence-electron chi connectivity index (χ3n) is 4.44. The number of nitrogens with zero attached hydrogens (tertiary/aromatic N) is 1. The molecule has 0 saturated heterocycles. The van der Waals surface area contributed by atoms with Crippen LogP contribution < -0.4 is 10.2 Å². The van der Waals surface area contributed by atoms with E-state index in [1.165, 1.54) is 11.3 Å². The van der Waals surface area contributed by atoms with Gasteiger partial charge in [-0.1, -0.05) is 19.1 Å². The summed E-state index contributed by atoms with van der Waals surface area (Å²) in [6.45, 7) is 3.81. The molecule has 1 aliphatic rings. The van der Waals surface area contributed by atoms with Crippen molar-refractivity contribution >= 4 is 5.69 Å². The van der Waals surface area contributed by atoms with Gasteiger partial charge in [0, 0.05) is 32.9 Å². The molecule has 0 aliphatic heterocycles. The first kappa shape index (κ1) is 15.3. The maximum absolute atomic E-state index is 10.5. The van der Waals surface area contributed by atoms with Crippen LogP contribution in [0, 0.1) is 5.92 Å². The molecule has 2 rings (SSSR count). The average Bonchev–Trinajstić information content (AvgIpc) is 2.43. The van der Waals surface area contributed by atoms with Crippen LogP contribution in [0.1, 0.15) is 38.2 Å². The minimum atomic E-state index is -0.490. The van der Waals surface area contributed by atoms with Crippen molar-refractivity contribution in [1.29, 1.82) is 0 Å². The van der Waals surface area contributed by atoms with E-state index >= 15 is 0 Å². The highest BCUT2D eigenvalue weighted by atomic mass is 16.3. The Morgan fingerprint density at radius 2 is 1.80 bits per heavy atom. The smallest absolute Gasteiger partial charge is 0.0771 e. The second kappa shape index (κ2) is 6.59. The van der Waals surface area contributed by atoms with Gasteiger partial charge in [-0.2, -0.15) is 0 Å². The largest absolute Gasteiger partial charge is 0.389 e. The molecule has 1 aliphatic carbocycles. The zero-order valence-electron chi connectivity index (χ0n) is 13.0. The predicted octanol–water partition coefficient (Wildman–Crippen LogP) is 2.78. The zero-order chi connectivity index (χ0) is 14.6. The molecule has 1 aromatic rings. The zero-order valence-corrected chi connectivity index (χ0v) is 13.0. The van der Waals surface area contributed by atoms with Crippen molar-refractivity contribution in [3.63, 3.8) is 0 Å². The van der Waals surface area contributed by atoms with E-state index in [9.17, 15) is 5.11 Å². The highest BCUT2D eigenvalue weighted by Crippen LogP contribution is 2.31. The number of hydrogen-bond donors (Lipinski definition) is 2. The van der Waals surface area contributed by atoms with Gasteiger partial charge in [0.05, 0.1) is 5.60 Å². The van der Waals surface area contributed by atoms with E-state index in [1.54, 1.807) is 0 Å². The van der Waals surface area contributed by atoms with Crippen LogP contribution in [0.15, 0.2) is 24.3 Å². The van der Waals surface area contributed by atoms with Crippen molar-refractivity contribution in [2.24, 2.45) is 5.92 Å². The van der Waals surface area contributed by atoms with Crippen LogP contribution in [-0.2, 0) is 6.54 Å². The molecule has 0 radical (unpaired) electrons. The monoisotopic (exact) mass is 276 g/mol. The summed E-state index contributed by atoms with van der Waals surface area (Å²) >= 11 is 0. The second-order valence-electron chi connectivity index (χ2n) is 6.57. The number of hydrogen-bond acceptors (Lipinski definition) is 3. The van der Waals surface area contributed by atoms with Crippen LogP contribution >= 0.6 is 0 Å². The van der Waals surface area contributed by atoms with E-state index in [1.807, 2.05) is 14.1 Å². The quantitative estimate of drug-likeness (QED) is 0.868. The van der Waals surface area contributed by atoms with Gasteiger partial charge in [-0.3, -0.25) is 0 Å². The molecule has 3 heteroatoms. The van der Waals surface area contributed by atoms with Crippen LogP contribution in [-0.4, -0.2) is 31.3 Å². The average molecular weight is 276 g/mol. The lowest BCUT2D eigenvalue weighted by Gasteiger charge is -2.35. The lowest BCUT2D eigenvalue weighted by Crippen LogP contribution is -2.43. The molecule has 3 nitrogen and oxygen atoms in total. The summed E-state index contributed by atoms with van der Waals surface area (Å²) in [6.07, 6.45) is 4.16. The van der Waals surface area contributed by atoms with Crippen molar-refractivity contribution in [3.05, 3.63) is 29.8 Å². The second-order valence-corrected chi connectivity index (χ2v) is 6.57. The van der Waals surface area contributed by atoms with E-state index in [2.05, 4.69) is 41.4 Å². The standard InChI is InChI=1S/C17H28N2O/c1-14-8-10-17(20,11-9-14)13-18-12-15-4-6-16(7-5-15)19(2)3/h4-7,14,18,20H,8-13H2,1-3H3. The van der Waals surface area contributed by atoms with Crippen molar-refractivity contribution < 1.29 is 5.11 Å². The molecule has 0 atom stereocenters. The molecule has 0 amide bonds. The molecule has 20 heavy (non-hydrogen) atoms. The minimum absolute atomic E-state index is 0.490. The van der Waals surface area contributed by atoms with E-state index in [0.717, 1.165) is 38.1 Å². The van der Waals surface area contributed by atoms with E-state index in [-0.39, 0.29) is 0 Å². The van der Waals surface area contributed by atoms with Crippen LogP contribution in [0.4, 0.5) is 5.69 Å². The van der Waals surface area contributed by atoms with Crippen molar-refractivity contribution in [2.45, 2.75) is 44.8 Å². The summed E-state index contributed by atoms with van der Waals surface area (Å²) < 4.78 is 0. The highest BCUT2D eigenvalue weighted by molar-refractivity contribution is 5.45. The number of anilines is 1. The fourth-order valence-electron chi connectivity index (χ4n) is 2.83. The Hall–Kier alpha value is -1.06. The summed E-state index contributed by atoms with van der Waals surface area (Å²) in [4.78, 5) is 2.10. The molecule has 2 N–H and O–H groups in total. The Bertz CT molecular complexity index is 406. The topological polar surface area (TPSA) is 35.5 Å². The molecule has 0 bridgehead atoms.